The fraction of sp³-hybridized carbons (Fsp3) is 0.263. The van der Waals surface area contributed by atoms with Crippen LogP contribution < -0.4 is 0 Å². The van der Waals surface area contributed by atoms with Gasteiger partial charge in [-0.25, -0.2) is 0 Å². The number of rotatable bonds is 3. The standard InChI is InChI=1S/C19H18ClNO/c20-17-8-6-15(7-9-17)16-10-18(12-19(22)11-16)21-13-14-4-2-1-3-5-14/h1-9,16H,10-13H2/t16-/m0/s1. The van der Waals surface area contributed by atoms with Crippen molar-refractivity contribution in [2.75, 3.05) is 0 Å². The number of nitrogens with zero attached hydrogens (tertiary/aromatic N) is 1. The normalized spacial score (nSPS) is 20.3. The molecule has 2 nitrogen and oxygen atoms in total. The smallest absolute Gasteiger partial charge is 0.139 e. The highest BCUT2D eigenvalue weighted by Crippen LogP contribution is 2.30. The van der Waals surface area contributed by atoms with E-state index >= 15 is 0 Å². The predicted octanol–water partition coefficient (Wildman–Crippen LogP) is 4.82. The van der Waals surface area contributed by atoms with E-state index in [1.807, 2.05) is 42.5 Å². The van der Waals surface area contributed by atoms with Crippen molar-refractivity contribution in [3.05, 3.63) is 70.7 Å². The number of hydrogen-bond acceptors (Lipinski definition) is 2. The molecular formula is C19H18ClNO. The molecule has 2 aromatic carbocycles. The van der Waals surface area contributed by atoms with E-state index in [9.17, 15) is 4.79 Å². The number of carbonyl (C=O) groups excluding carboxylic acids is 1. The Morgan fingerprint density at radius 2 is 1.73 bits per heavy atom. The minimum atomic E-state index is 0.230. The second-order valence-corrected chi connectivity index (χ2v) is 6.18. The van der Waals surface area contributed by atoms with Gasteiger partial charge in [0.05, 0.1) is 6.54 Å². The summed E-state index contributed by atoms with van der Waals surface area (Å²) < 4.78 is 0. The number of aliphatic imine (C=N–C) groups is 1. The van der Waals surface area contributed by atoms with E-state index in [4.69, 9.17) is 11.6 Å². The molecule has 1 aliphatic rings. The monoisotopic (exact) mass is 311 g/mol. The van der Waals surface area contributed by atoms with E-state index < -0.39 is 0 Å². The summed E-state index contributed by atoms with van der Waals surface area (Å²) in [7, 11) is 0. The lowest BCUT2D eigenvalue weighted by molar-refractivity contribution is -0.118. The van der Waals surface area contributed by atoms with E-state index in [-0.39, 0.29) is 11.7 Å². The van der Waals surface area contributed by atoms with Crippen molar-refractivity contribution >= 4 is 23.1 Å². The van der Waals surface area contributed by atoms with Crippen molar-refractivity contribution in [3.8, 4) is 0 Å². The molecule has 0 unspecified atom stereocenters. The van der Waals surface area contributed by atoms with Gasteiger partial charge < -0.3 is 0 Å². The molecular weight excluding hydrogens is 294 g/mol. The SMILES string of the molecule is O=C1CC(=NCc2ccccc2)C[C@H](c2ccc(Cl)cc2)C1. The Balaban J connectivity index is 1.73. The van der Waals surface area contributed by atoms with Crippen LogP contribution in [-0.4, -0.2) is 11.5 Å². The molecule has 1 saturated carbocycles. The quantitative estimate of drug-likeness (QED) is 0.799. The number of carbonyl (C=O) groups is 1. The minimum Gasteiger partial charge on any atom is -0.299 e. The first-order valence-corrected chi connectivity index (χ1v) is 7.92. The third-order valence-electron chi connectivity index (χ3n) is 4.03. The van der Waals surface area contributed by atoms with E-state index in [1.54, 1.807) is 0 Å². The average Bonchev–Trinajstić information content (AvgIpc) is 2.54. The van der Waals surface area contributed by atoms with Gasteiger partial charge in [-0.15, -0.1) is 0 Å². The molecule has 112 valence electrons. The van der Waals surface area contributed by atoms with Crippen molar-refractivity contribution in [1.29, 1.82) is 0 Å². The van der Waals surface area contributed by atoms with Crippen LogP contribution in [0.25, 0.3) is 0 Å². The molecule has 0 amide bonds. The maximum Gasteiger partial charge on any atom is 0.139 e. The van der Waals surface area contributed by atoms with Crippen LogP contribution in [-0.2, 0) is 11.3 Å². The van der Waals surface area contributed by atoms with E-state index in [0.29, 0.717) is 19.4 Å². The molecule has 0 radical (unpaired) electrons. The summed E-state index contributed by atoms with van der Waals surface area (Å²) in [5.74, 6) is 0.506. The van der Waals surface area contributed by atoms with Crippen molar-refractivity contribution < 1.29 is 4.79 Å². The zero-order valence-electron chi connectivity index (χ0n) is 12.3. The molecule has 0 spiro atoms. The van der Waals surface area contributed by atoms with Crippen LogP contribution >= 0.6 is 11.6 Å². The predicted molar refractivity (Wildman–Crippen MR) is 90.6 cm³/mol. The Morgan fingerprint density at radius 3 is 2.45 bits per heavy atom. The van der Waals surface area contributed by atoms with Crippen molar-refractivity contribution in [2.24, 2.45) is 4.99 Å². The van der Waals surface area contributed by atoms with Crippen molar-refractivity contribution in [3.63, 3.8) is 0 Å². The van der Waals surface area contributed by atoms with Crippen LogP contribution in [0.15, 0.2) is 59.6 Å². The molecule has 3 rings (SSSR count). The molecule has 0 aliphatic heterocycles. The summed E-state index contributed by atoms with van der Waals surface area (Å²) in [6, 6.07) is 17.9. The molecule has 2 aromatic rings. The van der Waals surface area contributed by atoms with E-state index in [0.717, 1.165) is 17.2 Å². The number of ketones is 1. The maximum atomic E-state index is 12.0. The molecule has 0 N–H and O–H groups in total. The first kappa shape index (κ1) is 15.0. The lowest BCUT2D eigenvalue weighted by Crippen LogP contribution is -2.21. The van der Waals surface area contributed by atoms with Crippen molar-refractivity contribution in [2.45, 2.75) is 31.7 Å². The van der Waals surface area contributed by atoms with Gasteiger partial charge in [0.25, 0.3) is 0 Å². The van der Waals surface area contributed by atoms with Gasteiger partial charge >= 0.3 is 0 Å². The highest BCUT2D eigenvalue weighted by molar-refractivity contribution is 6.30. The van der Waals surface area contributed by atoms with Crippen LogP contribution in [0.5, 0.6) is 0 Å². The molecule has 1 atom stereocenters. The highest BCUT2D eigenvalue weighted by atomic mass is 35.5. The largest absolute Gasteiger partial charge is 0.299 e. The molecule has 3 heteroatoms. The summed E-state index contributed by atoms with van der Waals surface area (Å²) in [5.41, 5.74) is 3.36. The summed E-state index contributed by atoms with van der Waals surface area (Å²) in [4.78, 5) is 16.7. The molecule has 0 aromatic heterocycles. The van der Waals surface area contributed by atoms with E-state index in [1.165, 1.54) is 11.1 Å². The Hall–Kier alpha value is -1.93. The minimum absolute atomic E-state index is 0.230. The number of hydrogen-bond donors (Lipinski definition) is 0. The Morgan fingerprint density at radius 1 is 1.00 bits per heavy atom. The average molecular weight is 312 g/mol. The van der Waals surface area contributed by atoms with Gasteiger partial charge in [0.2, 0.25) is 0 Å². The van der Waals surface area contributed by atoms with Gasteiger partial charge in [-0.05, 0) is 35.6 Å². The number of halogens is 1. The summed E-state index contributed by atoms with van der Waals surface area (Å²) in [6.45, 7) is 0.650. The zero-order chi connectivity index (χ0) is 15.4. The lowest BCUT2D eigenvalue weighted by Gasteiger charge is -2.23. The van der Waals surface area contributed by atoms with Crippen LogP contribution in [0.2, 0.25) is 5.02 Å². The Labute approximate surface area is 135 Å². The van der Waals surface area contributed by atoms with E-state index in [2.05, 4.69) is 17.1 Å². The first-order chi connectivity index (χ1) is 10.7. The first-order valence-electron chi connectivity index (χ1n) is 7.54. The molecule has 1 fully saturated rings. The summed E-state index contributed by atoms with van der Waals surface area (Å²) >= 11 is 5.93. The zero-order valence-corrected chi connectivity index (χ0v) is 13.1. The summed E-state index contributed by atoms with van der Waals surface area (Å²) in [6.07, 6.45) is 1.96. The summed E-state index contributed by atoms with van der Waals surface area (Å²) in [5, 5.41) is 0.726. The maximum absolute atomic E-state index is 12.0. The van der Waals surface area contributed by atoms with Crippen LogP contribution in [0, 0.1) is 0 Å². The second-order valence-electron chi connectivity index (χ2n) is 5.74. The van der Waals surface area contributed by atoms with Crippen LogP contribution in [0.4, 0.5) is 0 Å². The topological polar surface area (TPSA) is 29.4 Å². The number of benzene rings is 2. The van der Waals surface area contributed by atoms with Crippen molar-refractivity contribution in [1.82, 2.24) is 0 Å². The van der Waals surface area contributed by atoms with Gasteiger partial charge in [-0.1, -0.05) is 54.1 Å². The van der Waals surface area contributed by atoms with Crippen LogP contribution in [0.3, 0.4) is 0 Å². The third-order valence-corrected chi connectivity index (χ3v) is 4.28. The Bertz CT molecular complexity index is 676. The second kappa shape index (κ2) is 6.89. The number of Topliss-reactive ketones (excluding diaryl/α,β-unsaturated/α-hetero) is 1. The fourth-order valence-corrected chi connectivity index (χ4v) is 3.01. The van der Waals surface area contributed by atoms with Gasteiger partial charge in [-0.2, -0.15) is 0 Å². The van der Waals surface area contributed by atoms with Gasteiger partial charge in [0.1, 0.15) is 5.78 Å². The van der Waals surface area contributed by atoms with Gasteiger partial charge in [0.15, 0.2) is 0 Å². The van der Waals surface area contributed by atoms with Gasteiger partial charge in [-0.3, -0.25) is 9.79 Å². The Kier molecular flexibility index (Phi) is 4.69. The molecule has 22 heavy (non-hydrogen) atoms. The third kappa shape index (κ3) is 3.83. The molecule has 0 saturated heterocycles. The van der Waals surface area contributed by atoms with Crippen LogP contribution in [0.1, 0.15) is 36.3 Å². The fourth-order valence-electron chi connectivity index (χ4n) is 2.88. The molecule has 0 heterocycles. The molecule has 1 aliphatic carbocycles. The lowest BCUT2D eigenvalue weighted by atomic mass is 9.82. The highest BCUT2D eigenvalue weighted by Gasteiger charge is 2.25. The van der Waals surface area contributed by atoms with Gasteiger partial charge in [0, 0.05) is 23.6 Å². The molecule has 0 bridgehead atoms.